The Kier molecular flexibility index (Phi) is 10.5. The van der Waals surface area contributed by atoms with Crippen molar-refractivity contribution in [2.24, 2.45) is 0 Å². The summed E-state index contributed by atoms with van der Waals surface area (Å²) in [6.07, 6.45) is 2.05. The third-order valence-electron chi connectivity index (χ3n) is 2.72. The van der Waals surface area contributed by atoms with Crippen molar-refractivity contribution in [3.63, 3.8) is 0 Å². The molecule has 2 amide bonds. The van der Waals surface area contributed by atoms with Gasteiger partial charge in [0.05, 0.1) is 27.7 Å². The standard InChI is InChI=1S/C15H31N3O2S/c1-13(2)17-15(20)8-12-21-11-7-14(19)16-9-6-10-18(3,4)5/h13H,6-12H2,1-5H3,(H-,16,17,19,20)/p+1. The summed E-state index contributed by atoms with van der Waals surface area (Å²) in [4.78, 5) is 23.0. The fourth-order valence-electron chi connectivity index (χ4n) is 1.70. The molecule has 0 bridgehead atoms. The number of carbonyl (C=O) groups is 2. The third-order valence-corrected chi connectivity index (χ3v) is 3.71. The van der Waals surface area contributed by atoms with Gasteiger partial charge in [0.1, 0.15) is 0 Å². The van der Waals surface area contributed by atoms with Crippen molar-refractivity contribution >= 4 is 23.6 Å². The van der Waals surface area contributed by atoms with Crippen LogP contribution in [0.5, 0.6) is 0 Å². The molecule has 0 aromatic rings. The molecule has 0 spiro atoms. The van der Waals surface area contributed by atoms with E-state index in [9.17, 15) is 9.59 Å². The molecular weight excluding hydrogens is 286 g/mol. The van der Waals surface area contributed by atoms with E-state index in [1.165, 1.54) is 0 Å². The van der Waals surface area contributed by atoms with Crippen LogP contribution in [0.4, 0.5) is 0 Å². The van der Waals surface area contributed by atoms with Crippen molar-refractivity contribution in [1.29, 1.82) is 0 Å². The molecule has 0 saturated heterocycles. The Hall–Kier alpha value is -0.750. The van der Waals surface area contributed by atoms with Crippen molar-refractivity contribution in [2.75, 3.05) is 45.7 Å². The molecule has 6 heteroatoms. The van der Waals surface area contributed by atoms with Crippen LogP contribution in [0.3, 0.4) is 0 Å². The number of hydrogen-bond donors (Lipinski definition) is 2. The molecule has 21 heavy (non-hydrogen) atoms. The van der Waals surface area contributed by atoms with Gasteiger partial charge in [-0.25, -0.2) is 0 Å². The number of nitrogens with zero attached hydrogens (tertiary/aromatic N) is 1. The number of hydrogen-bond acceptors (Lipinski definition) is 3. The summed E-state index contributed by atoms with van der Waals surface area (Å²) in [6, 6.07) is 0.194. The van der Waals surface area contributed by atoms with Crippen LogP contribution in [0, 0.1) is 0 Å². The molecule has 0 aliphatic carbocycles. The number of rotatable bonds is 11. The lowest BCUT2D eigenvalue weighted by Gasteiger charge is -2.23. The maximum absolute atomic E-state index is 11.6. The van der Waals surface area contributed by atoms with Crippen molar-refractivity contribution in [1.82, 2.24) is 10.6 Å². The lowest BCUT2D eigenvalue weighted by Crippen LogP contribution is -2.37. The highest BCUT2D eigenvalue weighted by Gasteiger charge is 2.07. The summed E-state index contributed by atoms with van der Waals surface area (Å²) in [5.41, 5.74) is 0. The highest BCUT2D eigenvalue weighted by atomic mass is 32.2. The highest BCUT2D eigenvalue weighted by Crippen LogP contribution is 2.04. The lowest BCUT2D eigenvalue weighted by molar-refractivity contribution is -0.870. The average molecular weight is 319 g/mol. The molecule has 5 nitrogen and oxygen atoms in total. The molecule has 2 N–H and O–H groups in total. The van der Waals surface area contributed by atoms with Crippen LogP contribution < -0.4 is 10.6 Å². The van der Waals surface area contributed by atoms with E-state index in [1.54, 1.807) is 11.8 Å². The van der Waals surface area contributed by atoms with Gasteiger partial charge in [-0.2, -0.15) is 11.8 Å². The maximum Gasteiger partial charge on any atom is 0.221 e. The van der Waals surface area contributed by atoms with E-state index in [-0.39, 0.29) is 17.9 Å². The number of quaternary nitrogens is 1. The van der Waals surface area contributed by atoms with E-state index in [0.29, 0.717) is 12.8 Å². The first-order valence-corrected chi connectivity index (χ1v) is 8.80. The van der Waals surface area contributed by atoms with Crippen LogP contribution in [-0.4, -0.2) is 68.1 Å². The summed E-state index contributed by atoms with van der Waals surface area (Å²) in [5.74, 6) is 1.74. The fraction of sp³-hybridized carbons (Fsp3) is 0.867. The molecule has 0 aliphatic heterocycles. The molecular formula is C15H32N3O2S+. The average Bonchev–Trinajstić information content (AvgIpc) is 2.32. The number of nitrogens with one attached hydrogen (secondary N) is 2. The zero-order chi connectivity index (χ0) is 16.3. The van der Waals surface area contributed by atoms with Gasteiger partial charge in [-0.1, -0.05) is 0 Å². The summed E-state index contributed by atoms with van der Waals surface area (Å²) in [5, 5.41) is 5.80. The van der Waals surface area contributed by atoms with Crippen LogP contribution in [-0.2, 0) is 9.59 Å². The van der Waals surface area contributed by atoms with Gasteiger partial charge in [-0.3, -0.25) is 9.59 Å². The van der Waals surface area contributed by atoms with E-state index in [2.05, 4.69) is 31.8 Å². The van der Waals surface area contributed by atoms with Gasteiger partial charge < -0.3 is 15.1 Å². The van der Waals surface area contributed by atoms with Crippen LogP contribution in [0.2, 0.25) is 0 Å². The number of carbonyl (C=O) groups excluding carboxylic acids is 2. The molecule has 0 rings (SSSR count). The first-order valence-electron chi connectivity index (χ1n) is 7.65. The second-order valence-electron chi connectivity index (χ2n) is 6.55. The maximum atomic E-state index is 11.6. The Morgan fingerprint density at radius 2 is 1.62 bits per heavy atom. The van der Waals surface area contributed by atoms with E-state index in [0.717, 1.165) is 35.5 Å². The minimum atomic E-state index is 0.0854. The van der Waals surface area contributed by atoms with Crippen molar-refractivity contribution < 1.29 is 14.1 Å². The Balaban J connectivity index is 3.44. The molecule has 0 unspecified atom stereocenters. The third kappa shape index (κ3) is 15.5. The molecule has 0 heterocycles. The minimum Gasteiger partial charge on any atom is -0.356 e. The molecule has 0 aromatic heterocycles. The zero-order valence-corrected chi connectivity index (χ0v) is 15.0. The quantitative estimate of drug-likeness (QED) is 0.445. The fourth-order valence-corrected chi connectivity index (χ4v) is 2.56. The second-order valence-corrected chi connectivity index (χ2v) is 7.78. The van der Waals surface area contributed by atoms with Crippen molar-refractivity contribution in [2.45, 2.75) is 39.2 Å². The topological polar surface area (TPSA) is 58.2 Å². The van der Waals surface area contributed by atoms with Gasteiger partial charge >= 0.3 is 0 Å². The van der Waals surface area contributed by atoms with Gasteiger partial charge in [-0.05, 0) is 13.8 Å². The lowest BCUT2D eigenvalue weighted by atomic mass is 10.3. The van der Waals surface area contributed by atoms with Gasteiger partial charge in [0, 0.05) is 43.4 Å². The van der Waals surface area contributed by atoms with E-state index in [1.807, 2.05) is 13.8 Å². The van der Waals surface area contributed by atoms with E-state index < -0.39 is 0 Å². The van der Waals surface area contributed by atoms with Gasteiger partial charge in [0.15, 0.2) is 0 Å². The minimum absolute atomic E-state index is 0.0854. The molecule has 124 valence electrons. The molecule has 0 saturated carbocycles. The highest BCUT2D eigenvalue weighted by molar-refractivity contribution is 7.99. The molecule has 0 aromatic carbocycles. The van der Waals surface area contributed by atoms with Crippen molar-refractivity contribution in [3.05, 3.63) is 0 Å². The monoisotopic (exact) mass is 318 g/mol. The summed E-state index contributed by atoms with van der Waals surface area (Å²) in [7, 11) is 6.44. The summed E-state index contributed by atoms with van der Waals surface area (Å²) < 4.78 is 0.921. The smallest absolute Gasteiger partial charge is 0.221 e. The Morgan fingerprint density at radius 3 is 2.14 bits per heavy atom. The van der Waals surface area contributed by atoms with E-state index in [4.69, 9.17) is 0 Å². The summed E-state index contributed by atoms with van der Waals surface area (Å²) in [6.45, 7) is 5.71. The molecule has 0 atom stereocenters. The van der Waals surface area contributed by atoms with Gasteiger partial charge in [0.25, 0.3) is 0 Å². The largest absolute Gasteiger partial charge is 0.356 e. The van der Waals surface area contributed by atoms with Crippen LogP contribution in [0.1, 0.15) is 33.1 Å². The van der Waals surface area contributed by atoms with Crippen LogP contribution in [0.25, 0.3) is 0 Å². The molecule has 0 aliphatic rings. The predicted octanol–water partition coefficient (Wildman–Crippen LogP) is 1.24. The molecule has 0 fully saturated rings. The van der Waals surface area contributed by atoms with Crippen LogP contribution in [0.15, 0.2) is 0 Å². The SMILES string of the molecule is CC(C)NC(=O)CCSCCC(=O)NCCC[N+](C)(C)C. The number of thioether (sulfide) groups is 1. The predicted molar refractivity (Wildman–Crippen MR) is 90.4 cm³/mol. The van der Waals surface area contributed by atoms with E-state index >= 15 is 0 Å². The van der Waals surface area contributed by atoms with Crippen molar-refractivity contribution in [3.8, 4) is 0 Å². The first-order chi connectivity index (χ1) is 9.70. The Labute approximate surface area is 133 Å². The van der Waals surface area contributed by atoms with Gasteiger partial charge in [-0.15, -0.1) is 0 Å². The normalized spacial score (nSPS) is 11.5. The first kappa shape index (κ1) is 20.2. The Bertz CT molecular complexity index is 315. The summed E-state index contributed by atoms with van der Waals surface area (Å²) >= 11 is 1.66. The molecule has 0 radical (unpaired) electrons. The number of amides is 2. The zero-order valence-electron chi connectivity index (χ0n) is 14.2. The van der Waals surface area contributed by atoms with Crippen LogP contribution >= 0.6 is 11.8 Å². The Morgan fingerprint density at radius 1 is 1.05 bits per heavy atom. The van der Waals surface area contributed by atoms with Gasteiger partial charge in [0.2, 0.25) is 11.8 Å². The second kappa shape index (κ2) is 10.9.